The van der Waals surface area contributed by atoms with Gasteiger partial charge in [-0.25, -0.2) is 8.42 Å². The minimum Gasteiger partial charge on any atom is -0.480 e. The molecule has 0 fully saturated rings. The molecule has 0 radical (unpaired) electrons. The lowest BCUT2D eigenvalue weighted by atomic mass is 10.0. The van der Waals surface area contributed by atoms with Crippen molar-refractivity contribution in [2.75, 3.05) is 7.05 Å². The zero-order valence-corrected chi connectivity index (χ0v) is 13.9. The highest BCUT2D eigenvalue weighted by Gasteiger charge is 2.39. The van der Waals surface area contributed by atoms with Crippen LogP contribution >= 0.6 is 0 Å². The number of carboxylic acids is 1. The van der Waals surface area contributed by atoms with E-state index in [1.807, 2.05) is 0 Å². The number of hydrogen-bond donors (Lipinski definition) is 1. The van der Waals surface area contributed by atoms with Gasteiger partial charge in [-0.1, -0.05) is 26.0 Å². The normalized spacial score (nSPS) is 12.9. The molecule has 0 aliphatic carbocycles. The molecule has 5 nitrogen and oxygen atoms in total. The summed E-state index contributed by atoms with van der Waals surface area (Å²) in [7, 11) is -2.55. The number of carboxylic acid groups (broad SMARTS) is 1. The number of nitrogens with zero attached hydrogens (tertiary/aromatic N) is 1. The van der Waals surface area contributed by atoms with Crippen molar-refractivity contribution < 1.29 is 18.3 Å². The molecule has 1 rings (SSSR count). The summed E-state index contributed by atoms with van der Waals surface area (Å²) < 4.78 is 25.8. The van der Waals surface area contributed by atoms with E-state index in [-0.39, 0.29) is 4.90 Å². The Balaban J connectivity index is 3.11. The lowest BCUT2D eigenvalue weighted by Crippen LogP contribution is -2.50. The van der Waals surface area contributed by atoms with Gasteiger partial charge < -0.3 is 5.11 Å². The number of aliphatic carboxylic acids is 1. The third-order valence-electron chi connectivity index (χ3n) is 3.54. The number of rotatable bonds is 6. The predicted molar refractivity (Wildman–Crippen MR) is 81.6 cm³/mol. The van der Waals surface area contributed by atoms with Crippen LogP contribution in [0.2, 0.25) is 0 Å². The van der Waals surface area contributed by atoms with Crippen LogP contribution in [0.15, 0.2) is 29.2 Å². The van der Waals surface area contributed by atoms with Gasteiger partial charge in [0, 0.05) is 7.05 Å². The first-order chi connectivity index (χ1) is 9.49. The van der Waals surface area contributed by atoms with Gasteiger partial charge in [0.2, 0.25) is 10.0 Å². The van der Waals surface area contributed by atoms with Crippen LogP contribution < -0.4 is 0 Å². The molecule has 0 aliphatic rings. The Hall–Kier alpha value is -1.40. The summed E-state index contributed by atoms with van der Waals surface area (Å²) in [5, 5.41) is 9.16. The average molecular weight is 313 g/mol. The van der Waals surface area contributed by atoms with Gasteiger partial charge in [-0.15, -0.1) is 0 Å². The molecule has 0 unspecified atom stereocenters. The minimum absolute atomic E-state index is 0.104. The highest BCUT2D eigenvalue weighted by molar-refractivity contribution is 7.89. The second-order valence-electron chi connectivity index (χ2n) is 6.08. The zero-order valence-electron chi connectivity index (χ0n) is 13.1. The van der Waals surface area contributed by atoms with Crippen molar-refractivity contribution in [3.05, 3.63) is 29.8 Å². The molecule has 6 heteroatoms. The van der Waals surface area contributed by atoms with Crippen LogP contribution in [-0.4, -0.2) is 36.4 Å². The quantitative estimate of drug-likeness (QED) is 0.875. The first-order valence-electron chi connectivity index (χ1n) is 6.81. The summed E-state index contributed by atoms with van der Waals surface area (Å²) in [5.41, 5.74) is -0.445. The van der Waals surface area contributed by atoms with Crippen molar-refractivity contribution in [1.82, 2.24) is 4.31 Å². The SMILES string of the molecule is CC(C)Cc1ccc(S(=O)(=O)N(C)C(C)(C)C(=O)O)cc1. The fourth-order valence-electron chi connectivity index (χ4n) is 1.86. The molecule has 0 amide bonds. The maximum absolute atomic E-state index is 12.5. The molecule has 0 saturated carbocycles. The van der Waals surface area contributed by atoms with Crippen LogP contribution in [0, 0.1) is 5.92 Å². The Kier molecular flexibility index (Phi) is 5.17. The van der Waals surface area contributed by atoms with Crippen molar-refractivity contribution in [3.63, 3.8) is 0 Å². The molecule has 1 aromatic carbocycles. The van der Waals surface area contributed by atoms with Crippen LogP contribution in [0.3, 0.4) is 0 Å². The summed E-state index contributed by atoms with van der Waals surface area (Å²) in [4.78, 5) is 11.3. The second kappa shape index (κ2) is 6.15. The zero-order chi connectivity index (χ0) is 16.4. The summed E-state index contributed by atoms with van der Waals surface area (Å²) in [6, 6.07) is 6.60. The summed E-state index contributed by atoms with van der Waals surface area (Å²) in [6.07, 6.45) is 0.872. The maximum atomic E-state index is 12.5. The molecule has 0 aromatic heterocycles. The summed E-state index contributed by atoms with van der Waals surface area (Å²) in [5.74, 6) is -0.703. The molecule has 21 heavy (non-hydrogen) atoms. The van der Waals surface area contributed by atoms with E-state index in [0.29, 0.717) is 5.92 Å². The van der Waals surface area contributed by atoms with Gasteiger partial charge in [0.1, 0.15) is 5.54 Å². The highest BCUT2D eigenvalue weighted by atomic mass is 32.2. The highest BCUT2D eigenvalue weighted by Crippen LogP contribution is 2.23. The largest absolute Gasteiger partial charge is 0.480 e. The molecule has 0 heterocycles. The van der Waals surface area contributed by atoms with E-state index >= 15 is 0 Å². The van der Waals surface area contributed by atoms with Gasteiger partial charge in [0.15, 0.2) is 0 Å². The molecular weight excluding hydrogens is 290 g/mol. The molecule has 1 N–H and O–H groups in total. The van der Waals surface area contributed by atoms with E-state index in [0.717, 1.165) is 16.3 Å². The van der Waals surface area contributed by atoms with Crippen molar-refractivity contribution in [2.24, 2.45) is 5.92 Å². The summed E-state index contributed by atoms with van der Waals surface area (Å²) >= 11 is 0. The molecular formula is C15H23NO4S. The topological polar surface area (TPSA) is 74.7 Å². The Labute approximate surface area is 126 Å². The van der Waals surface area contributed by atoms with Gasteiger partial charge in [-0.3, -0.25) is 4.79 Å². The van der Waals surface area contributed by atoms with E-state index in [2.05, 4.69) is 13.8 Å². The number of sulfonamides is 1. The van der Waals surface area contributed by atoms with E-state index in [9.17, 15) is 13.2 Å². The van der Waals surface area contributed by atoms with Crippen LogP contribution in [0.5, 0.6) is 0 Å². The predicted octanol–water partition coefficient (Wildman–Crippen LogP) is 2.37. The van der Waals surface area contributed by atoms with Crippen LogP contribution in [0.1, 0.15) is 33.3 Å². The second-order valence-corrected chi connectivity index (χ2v) is 8.05. The number of likely N-dealkylation sites (N-methyl/N-ethyl adjacent to an activating group) is 1. The minimum atomic E-state index is -3.83. The Morgan fingerprint density at radius 2 is 1.71 bits per heavy atom. The van der Waals surface area contributed by atoms with Crippen LogP contribution in [0.4, 0.5) is 0 Å². The lowest BCUT2D eigenvalue weighted by Gasteiger charge is -2.30. The molecule has 0 aliphatic heterocycles. The molecule has 0 spiro atoms. The Bertz CT molecular complexity index is 603. The fraction of sp³-hybridized carbons (Fsp3) is 0.533. The van der Waals surface area contributed by atoms with E-state index in [4.69, 9.17) is 5.11 Å². The third kappa shape index (κ3) is 3.83. The average Bonchev–Trinajstić information content (AvgIpc) is 2.37. The molecule has 118 valence electrons. The van der Waals surface area contributed by atoms with Gasteiger partial charge in [0.25, 0.3) is 0 Å². The van der Waals surface area contributed by atoms with Gasteiger partial charge >= 0.3 is 5.97 Å². The van der Waals surface area contributed by atoms with Gasteiger partial charge in [-0.05, 0) is 43.9 Å². The van der Waals surface area contributed by atoms with E-state index in [1.54, 1.807) is 12.1 Å². The van der Waals surface area contributed by atoms with Crippen molar-refractivity contribution in [2.45, 2.75) is 44.6 Å². The van der Waals surface area contributed by atoms with Crippen molar-refractivity contribution >= 4 is 16.0 Å². The van der Waals surface area contributed by atoms with E-state index in [1.165, 1.54) is 33.0 Å². The molecule has 1 aromatic rings. The molecule has 0 saturated heterocycles. The third-order valence-corrected chi connectivity index (χ3v) is 5.58. The fourth-order valence-corrected chi connectivity index (χ4v) is 3.34. The molecule has 0 atom stereocenters. The van der Waals surface area contributed by atoms with Crippen molar-refractivity contribution in [1.29, 1.82) is 0 Å². The Morgan fingerprint density at radius 3 is 2.10 bits per heavy atom. The van der Waals surface area contributed by atoms with Gasteiger partial charge in [-0.2, -0.15) is 4.31 Å². The number of benzene rings is 1. The first-order valence-corrected chi connectivity index (χ1v) is 8.25. The number of hydrogen-bond acceptors (Lipinski definition) is 3. The standard InChI is InChI=1S/C15H23NO4S/c1-11(2)10-12-6-8-13(9-7-12)21(19,20)16(5)15(3,4)14(17)18/h6-9,11H,10H2,1-5H3,(H,17,18). The van der Waals surface area contributed by atoms with Crippen LogP contribution in [-0.2, 0) is 21.2 Å². The first kappa shape index (κ1) is 17.7. The monoisotopic (exact) mass is 313 g/mol. The smallest absolute Gasteiger partial charge is 0.324 e. The van der Waals surface area contributed by atoms with Crippen molar-refractivity contribution in [3.8, 4) is 0 Å². The Morgan fingerprint density at radius 1 is 1.24 bits per heavy atom. The van der Waals surface area contributed by atoms with E-state index < -0.39 is 21.5 Å². The number of carbonyl (C=O) groups is 1. The lowest BCUT2D eigenvalue weighted by molar-refractivity contribution is -0.145. The molecule has 0 bridgehead atoms. The summed E-state index contributed by atoms with van der Waals surface area (Å²) in [6.45, 7) is 6.90. The van der Waals surface area contributed by atoms with Crippen LogP contribution in [0.25, 0.3) is 0 Å². The maximum Gasteiger partial charge on any atom is 0.324 e. The van der Waals surface area contributed by atoms with Gasteiger partial charge in [0.05, 0.1) is 4.90 Å².